The average molecular weight is 238 g/mol. The first kappa shape index (κ1) is 11.8. The summed E-state index contributed by atoms with van der Waals surface area (Å²) in [5.74, 6) is 0.324. The molecule has 2 rings (SSSR count). The summed E-state index contributed by atoms with van der Waals surface area (Å²) >= 11 is 1.57. The number of piperidine rings is 1. The first-order valence-electron chi connectivity index (χ1n) is 6.22. The van der Waals surface area contributed by atoms with Crippen molar-refractivity contribution in [3.05, 3.63) is 22.4 Å². The Labute approximate surface area is 101 Å². The van der Waals surface area contributed by atoms with Crippen LogP contribution >= 0.6 is 11.3 Å². The van der Waals surface area contributed by atoms with Crippen LogP contribution in [0.25, 0.3) is 0 Å². The molecular weight excluding hydrogens is 218 g/mol. The fourth-order valence-electron chi connectivity index (χ4n) is 2.61. The number of ketones is 1. The summed E-state index contributed by atoms with van der Waals surface area (Å²) in [6.45, 7) is 4.11. The lowest BCUT2D eigenvalue weighted by molar-refractivity contribution is -0.922. The van der Waals surface area contributed by atoms with Crippen molar-refractivity contribution in [3.8, 4) is 0 Å². The molecule has 2 nitrogen and oxygen atoms in total. The number of likely N-dealkylation sites (tertiary alicyclic amines) is 1. The molecule has 0 saturated carbocycles. The van der Waals surface area contributed by atoms with Gasteiger partial charge in [0, 0.05) is 0 Å². The molecule has 1 aliphatic heterocycles. The van der Waals surface area contributed by atoms with Crippen molar-refractivity contribution in [2.45, 2.75) is 38.6 Å². The highest BCUT2D eigenvalue weighted by Crippen LogP contribution is 2.09. The lowest BCUT2D eigenvalue weighted by Gasteiger charge is -2.31. The van der Waals surface area contributed by atoms with E-state index in [4.69, 9.17) is 0 Å². The minimum absolute atomic E-state index is 0.324. The van der Waals surface area contributed by atoms with Gasteiger partial charge in [-0.1, -0.05) is 13.0 Å². The lowest BCUT2D eigenvalue weighted by atomic mass is 10.00. The molecule has 0 aliphatic carbocycles. The molecule has 1 saturated heterocycles. The Kier molecular flexibility index (Phi) is 4.13. The molecule has 0 amide bonds. The van der Waals surface area contributed by atoms with Crippen LogP contribution < -0.4 is 4.90 Å². The minimum Gasteiger partial charge on any atom is -0.326 e. The topological polar surface area (TPSA) is 21.5 Å². The highest BCUT2D eigenvalue weighted by atomic mass is 32.1. The van der Waals surface area contributed by atoms with E-state index in [0.717, 1.165) is 4.88 Å². The van der Waals surface area contributed by atoms with Crippen LogP contribution in [0.4, 0.5) is 0 Å². The molecule has 3 heteroatoms. The van der Waals surface area contributed by atoms with Gasteiger partial charge in [-0.05, 0) is 37.1 Å². The van der Waals surface area contributed by atoms with Crippen LogP contribution in [-0.2, 0) is 0 Å². The van der Waals surface area contributed by atoms with Gasteiger partial charge in [0.05, 0.1) is 17.5 Å². The Morgan fingerprint density at radius 2 is 2.44 bits per heavy atom. The predicted molar refractivity (Wildman–Crippen MR) is 67.3 cm³/mol. The van der Waals surface area contributed by atoms with E-state index in [1.54, 1.807) is 11.3 Å². The molecule has 1 N–H and O–H groups in total. The van der Waals surface area contributed by atoms with E-state index in [2.05, 4.69) is 6.92 Å². The maximum Gasteiger partial charge on any atom is 0.226 e. The normalized spacial score (nSPS) is 25.6. The zero-order valence-corrected chi connectivity index (χ0v) is 10.7. The Morgan fingerprint density at radius 1 is 1.56 bits per heavy atom. The third-order valence-corrected chi connectivity index (χ3v) is 4.47. The van der Waals surface area contributed by atoms with E-state index in [-0.39, 0.29) is 0 Å². The van der Waals surface area contributed by atoms with Crippen molar-refractivity contribution in [1.29, 1.82) is 0 Å². The zero-order valence-electron chi connectivity index (χ0n) is 9.87. The number of hydrogen-bond acceptors (Lipinski definition) is 2. The Balaban J connectivity index is 1.95. The monoisotopic (exact) mass is 238 g/mol. The molecule has 0 bridgehead atoms. The van der Waals surface area contributed by atoms with Crippen molar-refractivity contribution in [1.82, 2.24) is 0 Å². The zero-order chi connectivity index (χ0) is 11.4. The molecule has 1 aromatic heterocycles. The molecular formula is C13H20NOS+. The fourth-order valence-corrected chi connectivity index (χ4v) is 3.27. The molecule has 1 fully saturated rings. The van der Waals surface area contributed by atoms with E-state index in [9.17, 15) is 4.79 Å². The molecule has 16 heavy (non-hydrogen) atoms. The van der Waals surface area contributed by atoms with E-state index in [0.29, 0.717) is 18.4 Å². The second-order valence-electron chi connectivity index (χ2n) is 4.59. The summed E-state index contributed by atoms with van der Waals surface area (Å²) in [6.07, 6.45) is 5.12. The van der Waals surface area contributed by atoms with Crippen LogP contribution in [0.5, 0.6) is 0 Å². The Hall–Kier alpha value is -0.670. The van der Waals surface area contributed by atoms with Gasteiger partial charge >= 0.3 is 0 Å². The van der Waals surface area contributed by atoms with E-state index < -0.39 is 0 Å². The lowest BCUT2D eigenvalue weighted by Crippen LogP contribution is -3.17. The number of nitrogens with one attached hydrogen (secondary N) is 1. The summed E-state index contributed by atoms with van der Waals surface area (Å²) in [7, 11) is 0. The quantitative estimate of drug-likeness (QED) is 0.793. The molecule has 0 radical (unpaired) electrons. The molecule has 1 unspecified atom stereocenters. The minimum atomic E-state index is 0.324. The average Bonchev–Trinajstić information content (AvgIpc) is 2.83. The van der Waals surface area contributed by atoms with Crippen molar-refractivity contribution >= 4 is 17.1 Å². The van der Waals surface area contributed by atoms with Crippen LogP contribution in [0.1, 0.15) is 42.3 Å². The number of rotatable bonds is 4. The summed E-state index contributed by atoms with van der Waals surface area (Å²) < 4.78 is 0. The third-order valence-electron chi connectivity index (χ3n) is 3.55. The summed E-state index contributed by atoms with van der Waals surface area (Å²) in [4.78, 5) is 14.5. The smallest absolute Gasteiger partial charge is 0.226 e. The fraction of sp³-hybridized carbons (Fsp3) is 0.615. The number of hydrogen-bond donors (Lipinski definition) is 1. The number of thiophene rings is 1. The van der Waals surface area contributed by atoms with Gasteiger partial charge in [-0.3, -0.25) is 4.79 Å². The van der Waals surface area contributed by atoms with Crippen molar-refractivity contribution in [2.75, 3.05) is 13.1 Å². The molecule has 0 spiro atoms. The van der Waals surface area contributed by atoms with Gasteiger partial charge < -0.3 is 4.90 Å². The molecule has 2 heterocycles. The van der Waals surface area contributed by atoms with Crippen molar-refractivity contribution < 1.29 is 9.69 Å². The summed E-state index contributed by atoms with van der Waals surface area (Å²) in [6, 6.07) is 4.61. The predicted octanol–water partition coefficient (Wildman–Crippen LogP) is 1.78. The maximum absolute atomic E-state index is 12.0. The molecule has 0 aromatic carbocycles. The van der Waals surface area contributed by atoms with E-state index in [1.807, 2.05) is 17.5 Å². The molecule has 1 aliphatic rings. The van der Waals surface area contributed by atoms with E-state index in [1.165, 1.54) is 37.1 Å². The summed E-state index contributed by atoms with van der Waals surface area (Å²) in [5.41, 5.74) is 0. The first-order valence-corrected chi connectivity index (χ1v) is 7.10. The number of quaternary nitrogens is 1. The maximum atomic E-state index is 12.0. The summed E-state index contributed by atoms with van der Waals surface area (Å²) in [5, 5.41) is 1.98. The standard InChI is InChI=1S/C13H19NOS/c1-2-11-6-3-4-8-14(11)10-12(15)13-7-5-9-16-13/h5,7,9,11H,2-4,6,8,10H2,1H3/p+1/t11-/m1/s1. The number of carbonyl (C=O) groups is 1. The van der Waals surface area contributed by atoms with Gasteiger partial charge in [0.25, 0.3) is 0 Å². The van der Waals surface area contributed by atoms with Crippen molar-refractivity contribution in [3.63, 3.8) is 0 Å². The van der Waals surface area contributed by atoms with Gasteiger partial charge in [-0.25, -0.2) is 0 Å². The number of Topliss-reactive ketones (excluding diaryl/α,β-unsaturated/α-hetero) is 1. The van der Waals surface area contributed by atoms with Crippen LogP contribution in [0.15, 0.2) is 17.5 Å². The second kappa shape index (κ2) is 5.60. The highest BCUT2D eigenvalue weighted by molar-refractivity contribution is 7.12. The largest absolute Gasteiger partial charge is 0.326 e. The van der Waals surface area contributed by atoms with Crippen LogP contribution in [-0.4, -0.2) is 24.9 Å². The molecule has 1 aromatic rings. The highest BCUT2D eigenvalue weighted by Gasteiger charge is 2.26. The van der Waals surface area contributed by atoms with Gasteiger partial charge in [0.1, 0.15) is 6.54 Å². The Morgan fingerprint density at radius 3 is 3.12 bits per heavy atom. The third kappa shape index (κ3) is 2.71. The Bertz CT molecular complexity index is 334. The van der Waals surface area contributed by atoms with Gasteiger partial charge in [0.2, 0.25) is 5.78 Å². The van der Waals surface area contributed by atoms with Gasteiger partial charge in [-0.15, -0.1) is 11.3 Å². The van der Waals surface area contributed by atoms with Gasteiger partial charge in [0.15, 0.2) is 0 Å². The molecule has 88 valence electrons. The van der Waals surface area contributed by atoms with Gasteiger partial charge in [-0.2, -0.15) is 0 Å². The van der Waals surface area contributed by atoms with Crippen LogP contribution in [0, 0.1) is 0 Å². The second-order valence-corrected chi connectivity index (χ2v) is 5.53. The molecule has 2 atom stereocenters. The van der Waals surface area contributed by atoms with Crippen LogP contribution in [0.3, 0.4) is 0 Å². The van der Waals surface area contributed by atoms with E-state index >= 15 is 0 Å². The SMILES string of the molecule is CC[C@@H]1CCCC[NH+]1CC(=O)c1cccs1. The van der Waals surface area contributed by atoms with Crippen molar-refractivity contribution in [2.24, 2.45) is 0 Å². The first-order chi connectivity index (χ1) is 7.81. The number of carbonyl (C=O) groups excluding carboxylic acids is 1. The van der Waals surface area contributed by atoms with Crippen LogP contribution in [0.2, 0.25) is 0 Å².